The van der Waals surface area contributed by atoms with Gasteiger partial charge in [0.25, 0.3) is 0 Å². The highest BCUT2D eigenvalue weighted by atomic mass is 127. The van der Waals surface area contributed by atoms with Crippen LogP contribution < -0.4 is 5.73 Å². The van der Waals surface area contributed by atoms with Crippen LogP contribution in [0.4, 0.5) is 0 Å². The van der Waals surface area contributed by atoms with Crippen molar-refractivity contribution in [2.24, 2.45) is 5.73 Å². The van der Waals surface area contributed by atoms with E-state index in [0.717, 1.165) is 9.13 Å². The van der Waals surface area contributed by atoms with E-state index in [1.54, 1.807) is 18.2 Å². The van der Waals surface area contributed by atoms with Crippen molar-refractivity contribution in [3.05, 3.63) is 40.0 Å². The lowest BCUT2D eigenvalue weighted by molar-refractivity contribution is 0.474. The van der Waals surface area contributed by atoms with Gasteiger partial charge in [0.2, 0.25) is 0 Å². The predicted molar refractivity (Wildman–Crippen MR) is 57.9 cm³/mol. The number of phenols is 1. The first-order chi connectivity index (χ1) is 5.65. The lowest BCUT2D eigenvalue weighted by Crippen LogP contribution is -2.07. The summed E-state index contributed by atoms with van der Waals surface area (Å²) in [5.74, 6) is 0.263. The maximum absolute atomic E-state index is 9.12. The van der Waals surface area contributed by atoms with Gasteiger partial charge in [0.15, 0.2) is 0 Å². The van der Waals surface area contributed by atoms with E-state index in [4.69, 9.17) is 10.8 Å². The summed E-state index contributed by atoms with van der Waals surface area (Å²) >= 11 is 2.14. The third-order valence-corrected chi connectivity index (χ3v) is 2.53. The van der Waals surface area contributed by atoms with Gasteiger partial charge in [0.1, 0.15) is 5.75 Å². The summed E-state index contributed by atoms with van der Waals surface area (Å²) in [5.41, 5.74) is 6.73. The minimum atomic E-state index is -0.155. The number of hydrogen-bond donors (Lipinski definition) is 2. The molecule has 3 heteroatoms. The molecule has 0 aliphatic heterocycles. The summed E-state index contributed by atoms with van der Waals surface area (Å²) in [4.78, 5) is 0. The Morgan fingerprint density at radius 1 is 1.58 bits per heavy atom. The first kappa shape index (κ1) is 9.54. The second kappa shape index (κ2) is 3.91. The predicted octanol–water partition coefficient (Wildman–Crippen LogP) is 2.18. The third kappa shape index (κ3) is 1.98. The molecular weight excluding hydrogens is 265 g/mol. The number of hydrogen-bond acceptors (Lipinski definition) is 2. The van der Waals surface area contributed by atoms with Gasteiger partial charge >= 0.3 is 0 Å². The Kier molecular flexibility index (Phi) is 3.11. The van der Waals surface area contributed by atoms with Gasteiger partial charge in [-0.05, 0) is 40.3 Å². The normalized spacial score (nSPS) is 12.5. The molecule has 1 aromatic carbocycles. The molecule has 3 N–H and O–H groups in total. The number of halogens is 1. The molecule has 0 bridgehead atoms. The molecule has 2 nitrogen and oxygen atoms in total. The number of benzene rings is 1. The average molecular weight is 275 g/mol. The summed E-state index contributed by atoms with van der Waals surface area (Å²) in [6.45, 7) is 3.61. The van der Waals surface area contributed by atoms with Crippen molar-refractivity contribution >= 4 is 22.6 Å². The van der Waals surface area contributed by atoms with Gasteiger partial charge in [-0.1, -0.05) is 12.1 Å². The van der Waals surface area contributed by atoms with Crippen LogP contribution in [0.2, 0.25) is 0 Å². The molecule has 0 radical (unpaired) electrons. The Hall–Kier alpha value is -0.550. The molecule has 0 amide bonds. The highest BCUT2D eigenvalue weighted by Crippen LogP contribution is 2.22. The number of nitrogens with two attached hydrogens (primary N) is 1. The summed E-state index contributed by atoms with van der Waals surface area (Å²) < 4.78 is 0.958. The summed E-state index contributed by atoms with van der Waals surface area (Å²) in [6, 6.07) is 4.96. The van der Waals surface area contributed by atoms with Crippen LogP contribution in [0.5, 0.6) is 5.75 Å². The van der Waals surface area contributed by atoms with E-state index in [1.807, 2.05) is 6.07 Å². The molecule has 64 valence electrons. The molecule has 0 fully saturated rings. The molecule has 0 saturated heterocycles. The lowest BCUT2D eigenvalue weighted by Gasteiger charge is -2.08. The van der Waals surface area contributed by atoms with E-state index in [2.05, 4.69) is 29.2 Å². The molecule has 0 heterocycles. The van der Waals surface area contributed by atoms with Crippen LogP contribution in [0.15, 0.2) is 30.9 Å². The van der Waals surface area contributed by atoms with Crippen molar-refractivity contribution in [2.45, 2.75) is 6.04 Å². The monoisotopic (exact) mass is 275 g/mol. The SMILES string of the molecule is C=C[C@H](N)c1ccc(O)cc1I. The summed E-state index contributed by atoms with van der Waals surface area (Å²) in [7, 11) is 0. The molecule has 1 aromatic rings. The van der Waals surface area contributed by atoms with Crippen molar-refractivity contribution in [3.63, 3.8) is 0 Å². The zero-order valence-electron chi connectivity index (χ0n) is 6.50. The maximum atomic E-state index is 9.12. The summed E-state index contributed by atoms with van der Waals surface area (Å²) in [6.07, 6.45) is 1.68. The molecule has 0 saturated carbocycles. The second-order valence-corrected chi connectivity index (χ2v) is 3.63. The van der Waals surface area contributed by atoms with Crippen LogP contribution in [0.1, 0.15) is 11.6 Å². The molecule has 1 atom stereocenters. The molecule has 0 aliphatic rings. The van der Waals surface area contributed by atoms with Gasteiger partial charge in [-0.25, -0.2) is 0 Å². The first-order valence-corrected chi connectivity index (χ1v) is 4.59. The maximum Gasteiger partial charge on any atom is 0.116 e. The van der Waals surface area contributed by atoms with Crippen molar-refractivity contribution in [2.75, 3.05) is 0 Å². The highest BCUT2D eigenvalue weighted by Gasteiger charge is 2.05. The van der Waals surface area contributed by atoms with E-state index < -0.39 is 0 Å². The fraction of sp³-hybridized carbons (Fsp3) is 0.111. The molecular formula is C9H10INO. The minimum Gasteiger partial charge on any atom is -0.508 e. The van der Waals surface area contributed by atoms with Gasteiger partial charge in [-0.3, -0.25) is 0 Å². The molecule has 12 heavy (non-hydrogen) atoms. The molecule has 1 rings (SSSR count). The van der Waals surface area contributed by atoms with E-state index in [0.29, 0.717) is 0 Å². The zero-order chi connectivity index (χ0) is 9.14. The van der Waals surface area contributed by atoms with Gasteiger partial charge in [0.05, 0.1) is 0 Å². The largest absolute Gasteiger partial charge is 0.508 e. The fourth-order valence-electron chi connectivity index (χ4n) is 0.913. The Balaban J connectivity index is 3.09. The lowest BCUT2D eigenvalue weighted by atomic mass is 10.1. The Morgan fingerprint density at radius 2 is 2.25 bits per heavy atom. The van der Waals surface area contributed by atoms with Crippen LogP contribution in [-0.4, -0.2) is 5.11 Å². The number of rotatable bonds is 2. The average Bonchev–Trinajstić information content (AvgIpc) is 2.03. The summed E-state index contributed by atoms with van der Waals surface area (Å²) in [5, 5.41) is 9.12. The Labute approximate surface area is 85.2 Å². The van der Waals surface area contributed by atoms with Gasteiger partial charge in [0, 0.05) is 9.61 Å². The Bertz CT molecular complexity index is 299. The van der Waals surface area contributed by atoms with Crippen LogP contribution >= 0.6 is 22.6 Å². The second-order valence-electron chi connectivity index (χ2n) is 2.47. The van der Waals surface area contributed by atoms with Crippen LogP contribution in [0.25, 0.3) is 0 Å². The van der Waals surface area contributed by atoms with E-state index in [-0.39, 0.29) is 11.8 Å². The van der Waals surface area contributed by atoms with Gasteiger partial charge < -0.3 is 10.8 Å². The minimum absolute atomic E-state index is 0.155. The Morgan fingerprint density at radius 3 is 2.75 bits per heavy atom. The number of phenolic OH excluding ortho intramolecular Hbond substituents is 1. The molecule has 0 aliphatic carbocycles. The van der Waals surface area contributed by atoms with Crippen LogP contribution in [0, 0.1) is 3.57 Å². The van der Waals surface area contributed by atoms with Gasteiger partial charge in [-0.2, -0.15) is 0 Å². The molecule has 0 spiro atoms. The van der Waals surface area contributed by atoms with Crippen LogP contribution in [-0.2, 0) is 0 Å². The van der Waals surface area contributed by atoms with E-state index >= 15 is 0 Å². The quantitative estimate of drug-likeness (QED) is 0.642. The molecule has 0 unspecified atom stereocenters. The fourth-order valence-corrected chi connectivity index (χ4v) is 1.77. The smallest absolute Gasteiger partial charge is 0.116 e. The van der Waals surface area contributed by atoms with Crippen molar-refractivity contribution in [1.82, 2.24) is 0 Å². The zero-order valence-corrected chi connectivity index (χ0v) is 8.65. The third-order valence-electron chi connectivity index (χ3n) is 1.60. The first-order valence-electron chi connectivity index (χ1n) is 3.51. The van der Waals surface area contributed by atoms with Gasteiger partial charge in [-0.15, -0.1) is 6.58 Å². The standard InChI is InChI=1S/C9H10INO/c1-2-9(11)7-4-3-6(12)5-8(7)10/h2-5,9,12H,1,11H2/t9-/m0/s1. The van der Waals surface area contributed by atoms with Crippen LogP contribution in [0.3, 0.4) is 0 Å². The number of aromatic hydroxyl groups is 1. The van der Waals surface area contributed by atoms with Crippen molar-refractivity contribution in [3.8, 4) is 5.75 Å². The highest BCUT2D eigenvalue weighted by molar-refractivity contribution is 14.1. The van der Waals surface area contributed by atoms with E-state index in [9.17, 15) is 0 Å². The topological polar surface area (TPSA) is 46.2 Å². The van der Waals surface area contributed by atoms with Crippen molar-refractivity contribution < 1.29 is 5.11 Å². The molecule has 0 aromatic heterocycles. The van der Waals surface area contributed by atoms with E-state index in [1.165, 1.54) is 0 Å². The van der Waals surface area contributed by atoms with Crippen molar-refractivity contribution in [1.29, 1.82) is 0 Å².